The van der Waals surface area contributed by atoms with Crippen LogP contribution in [0, 0.1) is 0 Å². The van der Waals surface area contributed by atoms with Crippen molar-refractivity contribution < 1.29 is 23.1 Å². The Hall–Kier alpha value is -1.41. The van der Waals surface area contributed by atoms with Crippen molar-refractivity contribution in [1.29, 1.82) is 0 Å². The summed E-state index contributed by atoms with van der Waals surface area (Å²) >= 11 is 0.617. The lowest BCUT2D eigenvalue weighted by Crippen LogP contribution is -2.31. The Labute approximate surface area is 125 Å². The molecule has 0 heterocycles. The molecule has 1 aromatic carbocycles. The number of carbonyl (C=O) groups is 1. The average molecular weight is 322 g/mol. The zero-order valence-electron chi connectivity index (χ0n) is 11.4. The number of carbonyl (C=O) groups excluding carboxylic acids is 1. The van der Waals surface area contributed by atoms with E-state index in [1.165, 1.54) is 12.1 Å². The van der Waals surface area contributed by atoms with Crippen LogP contribution in [-0.4, -0.2) is 35.7 Å². The zero-order valence-corrected chi connectivity index (χ0v) is 12.2. The number of amides is 2. The Morgan fingerprint density at radius 2 is 2.05 bits per heavy atom. The highest BCUT2D eigenvalue weighted by Gasteiger charge is 2.27. The highest BCUT2D eigenvalue weighted by atomic mass is 32.2. The number of alkyl halides is 3. The van der Waals surface area contributed by atoms with Crippen LogP contribution < -0.4 is 10.6 Å². The van der Waals surface area contributed by atoms with E-state index in [2.05, 4.69) is 10.6 Å². The van der Waals surface area contributed by atoms with Crippen LogP contribution in [0.5, 0.6) is 0 Å². The lowest BCUT2D eigenvalue weighted by Gasteiger charge is -2.13. The summed E-state index contributed by atoms with van der Waals surface area (Å²) in [6, 6.07) is 5.77. The number of benzene rings is 1. The molecular formula is C13H17F3N2O2S. The number of nitrogens with one attached hydrogen (secondary N) is 2. The molecular weight excluding hydrogens is 305 g/mol. The van der Waals surface area contributed by atoms with Gasteiger partial charge in [0.05, 0.1) is 17.5 Å². The van der Waals surface area contributed by atoms with Gasteiger partial charge in [-0.3, -0.25) is 0 Å². The number of aliphatic hydroxyl groups is 1. The van der Waals surface area contributed by atoms with E-state index in [1.807, 2.05) is 0 Å². The lowest BCUT2D eigenvalue weighted by molar-refractivity contribution is -0.105. The number of aliphatic hydroxyl groups excluding tert-OH is 1. The van der Waals surface area contributed by atoms with Gasteiger partial charge in [0.15, 0.2) is 0 Å². The molecule has 0 saturated carbocycles. The standard InChI is InChI=1S/C13H17F3N2O2S/c1-9(19)6-7-17-12(20)18-10-4-2-3-5-11(10)21-8-13(14,15)16/h2-5,9,19H,6-8H2,1H3,(H2,17,18,20). The number of thioether (sulfide) groups is 1. The molecule has 21 heavy (non-hydrogen) atoms. The molecule has 3 N–H and O–H groups in total. The minimum Gasteiger partial charge on any atom is -0.393 e. The molecule has 0 spiro atoms. The highest BCUT2D eigenvalue weighted by Crippen LogP contribution is 2.31. The molecule has 0 aromatic heterocycles. The third kappa shape index (κ3) is 7.81. The summed E-state index contributed by atoms with van der Waals surface area (Å²) in [5, 5.41) is 14.1. The van der Waals surface area contributed by atoms with Gasteiger partial charge in [-0.05, 0) is 25.5 Å². The van der Waals surface area contributed by atoms with Crippen molar-refractivity contribution in [1.82, 2.24) is 5.32 Å². The monoisotopic (exact) mass is 322 g/mol. The molecule has 1 aromatic rings. The quantitative estimate of drug-likeness (QED) is 0.705. The fraction of sp³-hybridized carbons (Fsp3) is 0.462. The highest BCUT2D eigenvalue weighted by molar-refractivity contribution is 7.99. The average Bonchev–Trinajstić information content (AvgIpc) is 2.36. The second kappa shape index (κ2) is 8.14. The van der Waals surface area contributed by atoms with Crippen LogP contribution >= 0.6 is 11.8 Å². The van der Waals surface area contributed by atoms with E-state index in [-0.39, 0.29) is 6.54 Å². The van der Waals surface area contributed by atoms with Crippen LogP contribution in [0.25, 0.3) is 0 Å². The third-order valence-electron chi connectivity index (χ3n) is 2.37. The Morgan fingerprint density at radius 1 is 1.38 bits per heavy atom. The van der Waals surface area contributed by atoms with E-state index >= 15 is 0 Å². The molecule has 0 aliphatic rings. The van der Waals surface area contributed by atoms with Crippen molar-refractivity contribution in [2.24, 2.45) is 0 Å². The molecule has 2 amide bonds. The van der Waals surface area contributed by atoms with Gasteiger partial charge in [0.2, 0.25) is 0 Å². The minimum absolute atomic E-state index is 0.279. The first kappa shape index (κ1) is 17.6. The van der Waals surface area contributed by atoms with Gasteiger partial charge in [-0.1, -0.05) is 12.1 Å². The number of anilines is 1. The molecule has 1 rings (SSSR count). The Morgan fingerprint density at radius 3 is 2.67 bits per heavy atom. The fourth-order valence-corrected chi connectivity index (χ4v) is 2.18. The molecule has 0 fully saturated rings. The number of para-hydroxylation sites is 1. The first-order valence-corrected chi connectivity index (χ1v) is 7.28. The van der Waals surface area contributed by atoms with E-state index in [0.29, 0.717) is 28.8 Å². The van der Waals surface area contributed by atoms with Crippen LogP contribution in [-0.2, 0) is 0 Å². The smallest absolute Gasteiger partial charge is 0.393 e. The first-order chi connectivity index (χ1) is 9.78. The van der Waals surface area contributed by atoms with Crippen LogP contribution in [0.3, 0.4) is 0 Å². The summed E-state index contributed by atoms with van der Waals surface area (Å²) in [7, 11) is 0. The van der Waals surface area contributed by atoms with E-state index in [4.69, 9.17) is 5.11 Å². The second-order valence-electron chi connectivity index (χ2n) is 4.42. The van der Waals surface area contributed by atoms with Crippen LogP contribution in [0.4, 0.5) is 23.7 Å². The maximum absolute atomic E-state index is 12.2. The number of hydrogen-bond donors (Lipinski definition) is 3. The summed E-state index contributed by atoms with van der Waals surface area (Å²) in [4.78, 5) is 12.0. The number of urea groups is 1. The van der Waals surface area contributed by atoms with Crippen molar-refractivity contribution in [3.05, 3.63) is 24.3 Å². The largest absolute Gasteiger partial charge is 0.398 e. The van der Waals surface area contributed by atoms with Gasteiger partial charge in [-0.15, -0.1) is 11.8 Å². The van der Waals surface area contributed by atoms with Crippen molar-refractivity contribution in [3.63, 3.8) is 0 Å². The molecule has 0 saturated heterocycles. The molecule has 1 atom stereocenters. The predicted octanol–water partition coefficient (Wildman–Crippen LogP) is 3.23. The van der Waals surface area contributed by atoms with Crippen LogP contribution in [0.1, 0.15) is 13.3 Å². The van der Waals surface area contributed by atoms with Gasteiger partial charge in [0.1, 0.15) is 0 Å². The summed E-state index contributed by atoms with van der Waals surface area (Å²) in [6.45, 7) is 1.88. The number of rotatable bonds is 6. The van der Waals surface area contributed by atoms with Gasteiger partial charge >= 0.3 is 12.2 Å². The van der Waals surface area contributed by atoms with E-state index in [9.17, 15) is 18.0 Å². The first-order valence-electron chi connectivity index (χ1n) is 6.29. The van der Waals surface area contributed by atoms with Crippen molar-refractivity contribution in [3.8, 4) is 0 Å². The summed E-state index contributed by atoms with van der Waals surface area (Å²) in [6.07, 6.45) is -4.39. The maximum atomic E-state index is 12.2. The Kier molecular flexibility index (Phi) is 6.83. The van der Waals surface area contributed by atoms with Gasteiger partial charge in [0.25, 0.3) is 0 Å². The summed E-state index contributed by atoms with van der Waals surface area (Å²) in [5.74, 6) is -1.02. The van der Waals surface area contributed by atoms with Gasteiger partial charge < -0.3 is 15.7 Å². The van der Waals surface area contributed by atoms with Crippen LogP contribution in [0.2, 0.25) is 0 Å². The molecule has 1 unspecified atom stereocenters. The normalized spacial score (nSPS) is 12.8. The van der Waals surface area contributed by atoms with Gasteiger partial charge in [0, 0.05) is 11.4 Å². The molecule has 118 valence electrons. The SMILES string of the molecule is CC(O)CCNC(=O)Nc1ccccc1SCC(F)(F)F. The zero-order chi connectivity index (χ0) is 15.9. The molecule has 4 nitrogen and oxygen atoms in total. The van der Waals surface area contributed by atoms with Crippen molar-refractivity contribution in [2.45, 2.75) is 30.5 Å². The molecule has 0 aliphatic carbocycles. The number of halogens is 3. The van der Waals surface area contributed by atoms with E-state index in [1.54, 1.807) is 19.1 Å². The van der Waals surface area contributed by atoms with Gasteiger partial charge in [-0.25, -0.2) is 4.79 Å². The van der Waals surface area contributed by atoms with Gasteiger partial charge in [-0.2, -0.15) is 13.2 Å². The second-order valence-corrected chi connectivity index (χ2v) is 5.44. The predicted molar refractivity (Wildman–Crippen MR) is 76.5 cm³/mol. The van der Waals surface area contributed by atoms with E-state index < -0.39 is 24.1 Å². The third-order valence-corrected chi connectivity index (χ3v) is 3.51. The lowest BCUT2D eigenvalue weighted by atomic mass is 10.3. The molecule has 0 bridgehead atoms. The van der Waals surface area contributed by atoms with E-state index in [0.717, 1.165) is 0 Å². The molecule has 0 aliphatic heterocycles. The maximum Gasteiger partial charge on any atom is 0.398 e. The van der Waals surface area contributed by atoms with Crippen molar-refractivity contribution in [2.75, 3.05) is 17.6 Å². The van der Waals surface area contributed by atoms with Crippen molar-refractivity contribution >= 4 is 23.5 Å². The topological polar surface area (TPSA) is 61.4 Å². The Balaban J connectivity index is 2.56. The minimum atomic E-state index is -4.27. The number of hydrogen-bond acceptors (Lipinski definition) is 3. The van der Waals surface area contributed by atoms with Crippen LogP contribution in [0.15, 0.2) is 29.2 Å². The molecule has 0 radical (unpaired) electrons. The summed E-state index contributed by atoms with van der Waals surface area (Å²) in [5.41, 5.74) is 0.321. The Bertz CT molecular complexity index is 467. The summed E-state index contributed by atoms with van der Waals surface area (Å²) < 4.78 is 36.7. The molecule has 8 heteroatoms. The fourth-order valence-electron chi connectivity index (χ4n) is 1.42.